The third-order valence-corrected chi connectivity index (χ3v) is 3.86. The SMILES string of the molecule is Cc1nc2ccccn2c1-c1ccnc(Nc2cnc(C(=O)O)cn2)c1. The van der Waals surface area contributed by atoms with Gasteiger partial charge < -0.3 is 10.4 Å². The molecular weight excluding hydrogens is 332 g/mol. The molecule has 0 saturated heterocycles. The van der Waals surface area contributed by atoms with Crippen molar-refractivity contribution in [1.82, 2.24) is 24.3 Å². The molecule has 128 valence electrons. The lowest BCUT2D eigenvalue weighted by Gasteiger charge is -2.08. The van der Waals surface area contributed by atoms with Crippen molar-refractivity contribution >= 4 is 23.3 Å². The zero-order chi connectivity index (χ0) is 18.1. The summed E-state index contributed by atoms with van der Waals surface area (Å²) < 4.78 is 2.02. The number of carboxylic acids is 1. The minimum Gasteiger partial charge on any atom is -0.476 e. The number of aromatic nitrogens is 5. The van der Waals surface area contributed by atoms with Gasteiger partial charge in [0.2, 0.25) is 0 Å². The van der Waals surface area contributed by atoms with E-state index in [-0.39, 0.29) is 5.69 Å². The molecule has 0 spiro atoms. The quantitative estimate of drug-likeness (QED) is 0.585. The fourth-order valence-electron chi connectivity index (χ4n) is 2.74. The van der Waals surface area contributed by atoms with E-state index in [0.29, 0.717) is 11.6 Å². The Labute approximate surface area is 148 Å². The van der Waals surface area contributed by atoms with Crippen LogP contribution in [0.25, 0.3) is 16.9 Å². The van der Waals surface area contributed by atoms with Crippen molar-refractivity contribution in [1.29, 1.82) is 0 Å². The van der Waals surface area contributed by atoms with E-state index in [4.69, 9.17) is 5.11 Å². The van der Waals surface area contributed by atoms with Crippen molar-refractivity contribution in [2.75, 3.05) is 5.32 Å². The van der Waals surface area contributed by atoms with Crippen LogP contribution in [0.2, 0.25) is 0 Å². The van der Waals surface area contributed by atoms with Crippen LogP contribution >= 0.6 is 0 Å². The predicted molar refractivity (Wildman–Crippen MR) is 95.4 cm³/mol. The van der Waals surface area contributed by atoms with Crippen LogP contribution in [0.4, 0.5) is 11.6 Å². The van der Waals surface area contributed by atoms with Gasteiger partial charge in [0.25, 0.3) is 0 Å². The Hall–Kier alpha value is -3.81. The number of pyridine rings is 2. The molecule has 26 heavy (non-hydrogen) atoms. The molecule has 0 radical (unpaired) electrons. The Bertz CT molecular complexity index is 1100. The van der Waals surface area contributed by atoms with Crippen LogP contribution in [0, 0.1) is 6.92 Å². The van der Waals surface area contributed by atoms with Crippen molar-refractivity contribution < 1.29 is 9.90 Å². The Kier molecular flexibility index (Phi) is 3.77. The second kappa shape index (κ2) is 6.25. The number of imidazole rings is 1. The van der Waals surface area contributed by atoms with Gasteiger partial charge in [-0.2, -0.15) is 0 Å². The van der Waals surface area contributed by atoms with Crippen molar-refractivity contribution in [3.8, 4) is 11.3 Å². The van der Waals surface area contributed by atoms with E-state index in [1.54, 1.807) is 6.20 Å². The predicted octanol–water partition coefficient (Wildman–Crippen LogP) is 2.94. The normalized spacial score (nSPS) is 10.8. The smallest absolute Gasteiger partial charge is 0.356 e. The summed E-state index contributed by atoms with van der Waals surface area (Å²) in [5, 5.41) is 11.9. The first-order valence-electron chi connectivity index (χ1n) is 7.84. The summed E-state index contributed by atoms with van der Waals surface area (Å²) in [5.41, 5.74) is 3.62. The second-order valence-corrected chi connectivity index (χ2v) is 5.62. The second-order valence-electron chi connectivity index (χ2n) is 5.62. The fourth-order valence-corrected chi connectivity index (χ4v) is 2.74. The number of anilines is 2. The first-order valence-corrected chi connectivity index (χ1v) is 7.84. The number of aryl methyl sites for hydroxylation is 1. The summed E-state index contributed by atoms with van der Waals surface area (Å²) in [6.07, 6.45) is 6.22. The highest BCUT2D eigenvalue weighted by molar-refractivity contribution is 5.85. The van der Waals surface area contributed by atoms with Crippen molar-refractivity contribution in [2.45, 2.75) is 6.92 Å². The van der Waals surface area contributed by atoms with Gasteiger partial charge in [0.05, 0.1) is 23.8 Å². The zero-order valence-electron chi connectivity index (χ0n) is 13.8. The number of nitrogens with zero attached hydrogens (tertiary/aromatic N) is 5. The summed E-state index contributed by atoms with van der Waals surface area (Å²) in [6.45, 7) is 1.96. The van der Waals surface area contributed by atoms with E-state index in [2.05, 4.69) is 25.3 Å². The third kappa shape index (κ3) is 2.84. The zero-order valence-corrected chi connectivity index (χ0v) is 13.8. The molecule has 0 amide bonds. The molecule has 0 bridgehead atoms. The highest BCUT2D eigenvalue weighted by Crippen LogP contribution is 2.26. The summed E-state index contributed by atoms with van der Waals surface area (Å²) in [4.78, 5) is 27.6. The number of rotatable bonds is 4. The maximum atomic E-state index is 10.8. The molecule has 0 aromatic carbocycles. The summed E-state index contributed by atoms with van der Waals surface area (Å²) >= 11 is 0. The number of hydrogen-bond acceptors (Lipinski definition) is 6. The monoisotopic (exact) mass is 346 g/mol. The third-order valence-electron chi connectivity index (χ3n) is 3.86. The van der Waals surface area contributed by atoms with Crippen molar-refractivity contribution in [3.05, 3.63) is 66.5 Å². The van der Waals surface area contributed by atoms with Gasteiger partial charge in [0, 0.05) is 18.0 Å². The molecule has 4 aromatic rings. The van der Waals surface area contributed by atoms with Crippen molar-refractivity contribution in [2.24, 2.45) is 0 Å². The van der Waals surface area contributed by atoms with E-state index in [1.807, 2.05) is 47.9 Å². The Balaban J connectivity index is 1.68. The molecule has 8 heteroatoms. The summed E-state index contributed by atoms with van der Waals surface area (Å²) in [7, 11) is 0. The lowest BCUT2D eigenvalue weighted by atomic mass is 10.1. The van der Waals surface area contributed by atoms with Gasteiger partial charge in [0.1, 0.15) is 17.3 Å². The molecular formula is C18H14N6O2. The van der Waals surface area contributed by atoms with Crippen LogP contribution in [0.15, 0.2) is 55.1 Å². The highest BCUT2D eigenvalue weighted by atomic mass is 16.4. The topological polar surface area (TPSA) is 105 Å². The summed E-state index contributed by atoms with van der Waals surface area (Å²) in [6, 6.07) is 9.66. The molecule has 4 rings (SSSR count). The van der Waals surface area contributed by atoms with Gasteiger partial charge in [-0.1, -0.05) is 6.07 Å². The first kappa shape index (κ1) is 15.7. The first-order chi connectivity index (χ1) is 12.6. The number of carboxylic acid groups (broad SMARTS) is 1. The minimum atomic E-state index is -1.12. The molecule has 0 aliphatic rings. The van der Waals surface area contributed by atoms with Crippen LogP contribution in [0.1, 0.15) is 16.2 Å². The molecule has 0 aliphatic carbocycles. The van der Waals surface area contributed by atoms with Crippen LogP contribution in [0.5, 0.6) is 0 Å². The van der Waals surface area contributed by atoms with Gasteiger partial charge in [0.15, 0.2) is 5.69 Å². The van der Waals surface area contributed by atoms with E-state index < -0.39 is 5.97 Å². The molecule has 4 aromatic heterocycles. The van der Waals surface area contributed by atoms with Gasteiger partial charge in [-0.15, -0.1) is 0 Å². The fraction of sp³-hybridized carbons (Fsp3) is 0.0556. The number of carbonyl (C=O) groups is 1. The Morgan fingerprint density at radius 2 is 2.00 bits per heavy atom. The molecule has 0 saturated carbocycles. The van der Waals surface area contributed by atoms with E-state index in [0.717, 1.165) is 22.6 Å². The lowest BCUT2D eigenvalue weighted by Crippen LogP contribution is -2.03. The number of aromatic carboxylic acids is 1. The number of nitrogens with one attached hydrogen (secondary N) is 1. The van der Waals surface area contributed by atoms with Crippen molar-refractivity contribution in [3.63, 3.8) is 0 Å². The van der Waals surface area contributed by atoms with Crippen LogP contribution < -0.4 is 5.32 Å². The maximum Gasteiger partial charge on any atom is 0.356 e. The molecule has 8 nitrogen and oxygen atoms in total. The largest absolute Gasteiger partial charge is 0.476 e. The van der Waals surface area contributed by atoms with Crippen LogP contribution in [0.3, 0.4) is 0 Å². The highest BCUT2D eigenvalue weighted by Gasteiger charge is 2.12. The lowest BCUT2D eigenvalue weighted by molar-refractivity contribution is 0.0690. The number of hydrogen-bond donors (Lipinski definition) is 2. The average molecular weight is 346 g/mol. The van der Waals surface area contributed by atoms with Gasteiger partial charge in [-0.25, -0.2) is 24.7 Å². The van der Waals surface area contributed by atoms with Gasteiger partial charge in [-0.3, -0.25) is 4.40 Å². The molecule has 4 heterocycles. The molecule has 0 aliphatic heterocycles. The average Bonchev–Trinajstić information content (AvgIpc) is 2.98. The van der Waals surface area contributed by atoms with Crippen LogP contribution in [-0.4, -0.2) is 35.4 Å². The molecule has 0 atom stereocenters. The Morgan fingerprint density at radius 3 is 2.77 bits per heavy atom. The van der Waals surface area contributed by atoms with Gasteiger partial charge >= 0.3 is 5.97 Å². The van der Waals surface area contributed by atoms with E-state index in [9.17, 15) is 4.79 Å². The van der Waals surface area contributed by atoms with Gasteiger partial charge in [-0.05, 0) is 31.2 Å². The minimum absolute atomic E-state index is 0.112. The van der Waals surface area contributed by atoms with E-state index in [1.165, 1.54) is 12.4 Å². The number of fused-ring (bicyclic) bond motifs is 1. The standard InChI is InChI=1S/C18H14N6O2/c1-11-17(24-7-3-2-4-16(24)22-11)12-5-6-19-14(8-12)23-15-10-20-13(9-21-15)18(25)26/h2-10H,1H3,(H,25,26)(H,19,21,23). The summed E-state index contributed by atoms with van der Waals surface area (Å²) in [5.74, 6) is -0.132. The van der Waals surface area contributed by atoms with Crippen LogP contribution in [-0.2, 0) is 0 Å². The Morgan fingerprint density at radius 1 is 1.12 bits per heavy atom. The maximum absolute atomic E-state index is 10.8. The molecule has 0 fully saturated rings. The van der Waals surface area contributed by atoms with E-state index >= 15 is 0 Å². The molecule has 0 unspecified atom stereocenters. The molecule has 2 N–H and O–H groups in total.